The van der Waals surface area contributed by atoms with Crippen LogP contribution in [0.5, 0.6) is 0 Å². The molecular formula is C108H120BN3. The minimum atomic E-state index is -0.718. The van der Waals surface area contributed by atoms with Gasteiger partial charge in [-0.15, -0.1) is 0 Å². The van der Waals surface area contributed by atoms with Crippen molar-refractivity contribution < 1.29 is 17.8 Å². The number of fused-ring (bicyclic) bond motifs is 7. The zero-order valence-corrected chi connectivity index (χ0v) is 71.4. The van der Waals surface area contributed by atoms with Crippen molar-refractivity contribution in [2.45, 2.75) is 236 Å². The predicted molar refractivity (Wildman–Crippen MR) is 490 cm³/mol. The molecule has 0 atom stereocenters. The smallest absolute Gasteiger partial charge is 0.252 e. The summed E-state index contributed by atoms with van der Waals surface area (Å²) in [5.74, 6) is 0. The van der Waals surface area contributed by atoms with Crippen LogP contribution in [0.2, 0.25) is 0 Å². The first-order valence-electron chi connectivity index (χ1n) is 46.7. The molecule has 1 aromatic heterocycles. The maximum absolute atomic E-state index is 10.0. The van der Waals surface area contributed by atoms with Gasteiger partial charge in [-0.3, -0.25) is 0 Å². The van der Waals surface area contributed by atoms with Crippen LogP contribution in [0.25, 0.3) is 83.1 Å². The summed E-state index contributed by atoms with van der Waals surface area (Å²) in [6, 6.07) is 52.5. The zero-order valence-electron chi connectivity index (χ0n) is 84.4. The fraction of sp³-hybridized carbons (Fsp3) is 0.333. The van der Waals surface area contributed by atoms with E-state index in [1.54, 1.807) is 4.57 Å². The molecule has 13 aromatic rings. The number of nitrogens with zero attached hydrogens (tertiary/aromatic N) is 3. The van der Waals surface area contributed by atoms with Crippen molar-refractivity contribution in [1.82, 2.24) is 4.57 Å². The number of aromatic nitrogens is 1. The molecule has 0 saturated heterocycles. The number of rotatable bonds is 8. The number of benzene rings is 12. The van der Waals surface area contributed by atoms with Crippen LogP contribution in [0.4, 0.5) is 34.1 Å². The van der Waals surface area contributed by atoms with Gasteiger partial charge in [-0.25, -0.2) is 0 Å². The monoisotopic (exact) mass is 1480 g/mol. The molecule has 0 spiro atoms. The third-order valence-electron chi connectivity index (χ3n) is 23.5. The summed E-state index contributed by atoms with van der Waals surface area (Å²) in [5, 5.41) is -0.0792. The molecule has 2 aliphatic heterocycles. The topological polar surface area (TPSA) is 11.4 Å². The second-order valence-electron chi connectivity index (χ2n) is 41.1. The van der Waals surface area contributed by atoms with Crippen molar-refractivity contribution in [2.24, 2.45) is 0 Å². The van der Waals surface area contributed by atoms with Crippen molar-refractivity contribution in [3.8, 4) is 61.3 Å². The van der Waals surface area contributed by atoms with E-state index < -0.39 is 106 Å². The van der Waals surface area contributed by atoms with Crippen LogP contribution in [0.3, 0.4) is 0 Å². The Morgan fingerprint density at radius 3 is 1.11 bits per heavy atom. The second-order valence-corrected chi connectivity index (χ2v) is 41.1. The molecule has 2 aliphatic rings. The minimum Gasteiger partial charge on any atom is -0.310 e. The molecule has 3 heterocycles. The lowest BCUT2D eigenvalue weighted by molar-refractivity contribution is 0.569. The van der Waals surface area contributed by atoms with Crippen molar-refractivity contribution >= 4 is 79.0 Å². The van der Waals surface area contributed by atoms with E-state index >= 15 is 0 Å². The van der Waals surface area contributed by atoms with E-state index in [9.17, 15) is 16.4 Å². The van der Waals surface area contributed by atoms with Crippen LogP contribution in [0.15, 0.2) is 236 Å². The maximum Gasteiger partial charge on any atom is 0.252 e. The Labute approximate surface area is 691 Å². The summed E-state index contributed by atoms with van der Waals surface area (Å²) in [7, 11) is 0. The molecule has 0 fully saturated rings. The minimum absolute atomic E-state index is 0.0137. The van der Waals surface area contributed by atoms with Crippen LogP contribution >= 0.6 is 0 Å². The zero-order chi connectivity index (χ0) is 91.8. The fourth-order valence-corrected chi connectivity index (χ4v) is 17.0. The summed E-state index contributed by atoms with van der Waals surface area (Å²) in [6.07, 6.45) is 0. The molecule has 3 nitrogen and oxygen atoms in total. The standard InChI is InChI=1S/C108H120BN3/c1-100(2,3)71-49-44-68(45-50-71)81-59-74(103(10,11)12)61-83(78-55-53-73(102(7,8)9)63-87(78)108(25,26)27)98(81)112-93-66-77(110-90-42-33-31-38-79(90)80-39-32-34-43-91(80)110)54-57-89(93)109-88-56-48-70(67-36-29-28-30-37-67)58-92(88)111(94-64-76(105(16,17)18)65-95(112)97(94)109)99-82(69-46-51-72(52-47-69)101(4,5)6)60-75(104(13,14)15)62-84(99)96-85(106(19,20)21)40-35-41-86(96)107(22,23)24/h28-66H,1-27H3/i28D,29D,30D,31D,32D,33D,34D,36D,37D,38D,39D,42D,43D. The molecule has 0 bridgehead atoms. The van der Waals surface area contributed by atoms with Gasteiger partial charge in [0.25, 0.3) is 6.71 Å². The Kier molecular flexibility index (Phi) is 15.0. The number of para-hydroxylation sites is 2. The highest BCUT2D eigenvalue weighted by atomic mass is 15.2. The van der Waals surface area contributed by atoms with E-state index in [1.807, 2.05) is 12.1 Å². The molecule has 0 N–H and O–H groups in total. The molecule has 0 amide bonds. The highest BCUT2D eigenvalue weighted by Gasteiger charge is 2.48. The van der Waals surface area contributed by atoms with E-state index in [2.05, 4.69) is 342 Å². The Hall–Kier alpha value is -9.90. The van der Waals surface area contributed by atoms with Crippen LogP contribution in [0.1, 0.15) is 255 Å². The van der Waals surface area contributed by atoms with Crippen LogP contribution in [-0.2, 0) is 48.7 Å². The van der Waals surface area contributed by atoms with Gasteiger partial charge in [0.2, 0.25) is 0 Å². The summed E-state index contributed by atoms with van der Waals surface area (Å²) in [5.41, 5.74) is 22.4. The lowest BCUT2D eigenvalue weighted by atomic mass is 9.33. The van der Waals surface area contributed by atoms with E-state index in [0.29, 0.717) is 22.6 Å². The number of hydrogen-bond acceptors (Lipinski definition) is 2. The fourth-order valence-electron chi connectivity index (χ4n) is 17.0. The predicted octanol–water partition coefficient (Wildman–Crippen LogP) is 28.9. The SMILES string of the molecule is [2H]c1c([2H])c([2H])c(-c2ccc3c(c2)N(c2c(-c4ccc(C(C)(C)C)cc4)cc(C(C)(C)C)cc2-c2c(C(C)(C)C)cccc2C(C)(C)C)c2cc(C(C)(C)C)cc4c2B3c2ccc(-n3c5c([2H])c([2H])c([2H])c([2H])c5c5c([2H])c([2H])c([2H])c([2H])c53)cc2N4c2c(-c3ccc(C(C)(C)C)cc3)cc(C(C)(C)C)cc2-c2ccc(C(C)(C)C)cc2C(C)(C)C)c([2H])c1[2H]. The lowest BCUT2D eigenvalue weighted by Crippen LogP contribution is -2.61. The van der Waals surface area contributed by atoms with Crippen LogP contribution in [0, 0.1) is 0 Å². The molecule has 570 valence electrons. The van der Waals surface area contributed by atoms with E-state index in [0.717, 1.165) is 128 Å². The van der Waals surface area contributed by atoms with Gasteiger partial charge in [-0.05, 0) is 215 Å². The summed E-state index contributed by atoms with van der Waals surface area (Å²) in [4.78, 5) is 4.95. The van der Waals surface area contributed by atoms with E-state index in [1.165, 1.54) is 5.56 Å². The van der Waals surface area contributed by atoms with Gasteiger partial charge < -0.3 is 14.4 Å². The molecule has 15 rings (SSSR count). The molecule has 0 aliphatic carbocycles. The molecule has 0 saturated carbocycles. The summed E-state index contributed by atoms with van der Waals surface area (Å²) < 4.78 is 126. The van der Waals surface area contributed by atoms with Crippen molar-refractivity contribution in [1.29, 1.82) is 0 Å². The van der Waals surface area contributed by atoms with Gasteiger partial charge in [0.15, 0.2) is 0 Å². The van der Waals surface area contributed by atoms with Crippen molar-refractivity contribution in [3.05, 3.63) is 286 Å². The molecular weight excluding hydrogens is 1350 g/mol. The Morgan fingerprint density at radius 2 is 0.652 bits per heavy atom. The van der Waals surface area contributed by atoms with Crippen LogP contribution < -0.4 is 26.2 Å². The number of anilines is 6. The molecule has 12 aromatic carbocycles. The lowest BCUT2D eigenvalue weighted by Gasteiger charge is -2.47. The Bertz CT molecular complexity index is 6540. The van der Waals surface area contributed by atoms with Crippen molar-refractivity contribution in [2.75, 3.05) is 9.80 Å². The molecule has 0 radical (unpaired) electrons. The van der Waals surface area contributed by atoms with Gasteiger partial charge in [-0.1, -0.05) is 357 Å². The third-order valence-corrected chi connectivity index (χ3v) is 23.5. The van der Waals surface area contributed by atoms with Gasteiger partial charge >= 0.3 is 0 Å². The van der Waals surface area contributed by atoms with Gasteiger partial charge in [0.1, 0.15) is 0 Å². The molecule has 0 unspecified atom stereocenters. The molecule has 112 heavy (non-hydrogen) atoms. The first-order valence-corrected chi connectivity index (χ1v) is 40.2. The maximum atomic E-state index is 10.0. The van der Waals surface area contributed by atoms with Crippen LogP contribution in [-0.4, -0.2) is 11.3 Å². The quantitative estimate of drug-likeness (QED) is 0.141. The highest BCUT2D eigenvalue weighted by molar-refractivity contribution is 7.00. The first kappa shape index (κ1) is 62.6. The third kappa shape index (κ3) is 13.8. The summed E-state index contributed by atoms with van der Waals surface area (Å²) >= 11 is 0. The van der Waals surface area contributed by atoms with E-state index in [-0.39, 0.29) is 55.7 Å². The second kappa shape index (κ2) is 26.9. The largest absolute Gasteiger partial charge is 0.310 e. The summed E-state index contributed by atoms with van der Waals surface area (Å²) in [6.45, 7) is 60.5. The first-order chi connectivity index (χ1) is 57.7. The van der Waals surface area contributed by atoms with Crippen molar-refractivity contribution in [3.63, 3.8) is 0 Å². The average molecular weight is 1480 g/mol. The highest BCUT2D eigenvalue weighted by Crippen LogP contribution is 2.58. The van der Waals surface area contributed by atoms with Gasteiger partial charge in [0, 0.05) is 61.5 Å². The normalized spacial score (nSPS) is 15.4. The average Bonchev–Trinajstić information content (AvgIpc) is 1.07. The van der Waals surface area contributed by atoms with Gasteiger partial charge in [0.05, 0.1) is 40.2 Å². The Morgan fingerprint density at radius 1 is 0.268 bits per heavy atom. The Balaban J connectivity index is 1.25. The molecule has 4 heteroatoms. The van der Waals surface area contributed by atoms with Gasteiger partial charge in [-0.2, -0.15) is 0 Å². The number of hydrogen-bond donors (Lipinski definition) is 0. The van der Waals surface area contributed by atoms with E-state index in [4.69, 9.17) is 1.37 Å².